The van der Waals surface area contributed by atoms with Crippen LogP contribution in [0.5, 0.6) is 11.5 Å². The van der Waals surface area contributed by atoms with Gasteiger partial charge in [0.15, 0.2) is 5.82 Å². The van der Waals surface area contributed by atoms with Gasteiger partial charge in [0.25, 0.3) is 0 Å². The van der Waals surface area contributed by atoms with Gasteiger partial charge in [-0.3, -0.25) is 10.4 Å². The van der Waals surface area contributed by atoms with E-state index < -0.39 is 6.09 Å². The van der Waals surface area contributed by atoms with E-state index >= 15 is 0 Å². The van der Waals surface area contributed by atoms with Crippen molar-refractivity contribution in [3.05, 3.63) is 48.2 Å². The lowest BCUT2D eigenvalue weighted by molar-refractivity contribution is 0.209. The average Bonchev–Trinajstić information content (AvgIpc) is 3.36. The lowest BCUT2D eigenvalue weighted by Gasteiger charge is -2.11. The van der Waals surface area contributed by atoms with Crippen molar-refractivity contribution in [3.63, 3.8) is 0 Å². The Balaban J connectivity index is 1.72. The zero-order valence-electron chi connectivity index (χ0n) is 16.2. The van der Waals surface area contributed by atoms with Crippen LogP contribution in [0.1, 0.15) is 24.3 Å². The van der Waals surface area contributed by atoms with Gasteiger partial charge in [-0.2, -0.15) is 5.10 Å². The monoisotopic (exact) mass is 404 g/mol. The Morgan fingerprint density at radius 1 is 1.17 bits per heavy atom. The Hall–Kier alpha value is -3.94. The van der Waals surface area contributed by atoms with Crippen LogP contribution < -0.4 is 5.32 Å². The lowest BCUT2D eigenvalue weighted by atomic mass is 9.96. The molecule has 2 aromatic heterocycles. The molecule has 152 valence electrons. The SMILES string of the molecule is Cn1ccc2cc(-c3c(NC(=O)O)n[nH]c3-c3cc(C4CC4)c(O)cc3O)ccc21. The molecule has 2 heterocycles. The second-order valence-electron chi connectivity index (χ2n) is 7.66. The van der Waals surface area contributed by atoms with Gasteiger partial charge in [-0.1, -0.05) is 6.07 Å². The summed E-state index contributed by atoms with van der Waals surface area (Å²) in [7, 11) is 1.95. The second kappa shape index (κ2) is 6.55. The Morgan fingerprint density at radius 2 is 1.97 bits per heavy atom. The highest BCUT2D eigenvalue weighted by molar-refractivity contribution is 5.98. The summed E-state index contributed by atoms with van der Waals surface area (Å²) in [4.78, 5) is 11.3. The average molecular weight is 404 g/mol. The standard InChI is InChI=1S/C22H20N4O4/c1-26-7-6-12-8-13(4-5-16(12)26)19-20(24-25-21(19)23-22(29)30)15-9-14(11-2-3-11)17(27)10-18(15)28/h4-11,27-28H,2-3H2,1H3,(H,29,30)(H2,23,24,25). The molecule has 0 atom stereocenters. The molecular formula is C22H20N4O4. The highest BCUT2D eigenvalue weighted by Gasteiger charge is 2.29. The van der Waals surface area contributed by atoms with Gasteiger partial charge in [0.05, 0.1) is 11.3 Å². The van der Waals surface area contributed by atoms with Crippen molar-refractivity contribution in [1.82, 2.24) is 14.8 Å². The number of carbonyl (C=O) groups is 1. The molecule has 5 rings (SSSR count). The normalized spacial score (nSPS) is 13.6. The summed E-state index contributed by atoms with van der Waals surface area (Å²) in [5, 5.41) is 40.4. The fourth-order valence-corrected chi connectivity index (χ4v) is 3.96. The van der Waals surface area contributed by atoms with Gasteiger partial charge in [-0.05, 0) is 54.2 Å². The molecular weight excluding hydrogens is 384 g/mol. The first-order valence-electron chi connectivity index (χ1n) is 9.62. The Bertz CT molecular complexity index is 1300. The molecule has 1 amide bonds. The van der Waals surface area contributed by atoms with Crippen LogP contribution in [0.3, 0.4) is 0 Å². The van der Waals surface area contributed by atoms with E-state index in [1.165, 1.54) is 6.07 Å². The number of hydrogen-bond acceptors (Lipinski definition) is 4. The quantitative estimate of drug-likeness (QED) is 0.340. The van der Waals surface area contributed by atoms with Crippen molar-refractivity contribution >= 4 is 22.8 Å². The molecule has 8 heteroatoms. The summed E-state index contributed by atoms with van der Waals surface area (Å²) in [5.74, 6) is 0.375. The number of aromatic hydroxyl groups is 2. The minimum absolute atomic E-state index is 0.0643. The topological polar surface area (TPSA) is 123 Å². The number of rotatable bonds is 4. The predicted octanol–water partition coefficient (Wildman–Crippen LogP) is 4.61. The van der Waals surface area contributed by atoms with Gasteiger partial charge in [0.1, 0.15) is 11.5 Å². The second-order valence-corrected chi connectivity index (χ2v) is 7.66. The number of phenols is 2. The fraction of sp³-hybridized carbons (Fsp3) is 0.182. The van der Waals surface area contributed by atoms with Crippen LogP contribution in [0.4, 0.5) is 10.6 Å². The number of phenolic OH excluding ortho intramolecular Hbond substituents is 2. The Kier molecular flexibility index (Phi) is 3.95. The van der Waals surface area contributed by atoms with Gasteiger partial charge >= 0.3 is 6.09 Å². The third-order valence-electron chi connectivity index (χ3n) is 5.60. The smallest absolute Gasteiger partial charge is 0.410 e. The summed E-state index contributed by atoms with van der Waals surface area (Å²) in [6, 6.07) is 10.9. The van der Waals surface area contributed by atoms with Gasteiger partial charge in [-0.15, -0.1) is 0 Å². The molecule has 0 saturated heterocycles. The van der Waals surface area contributed by atoms with E-state index in [1.807, 2.05) is 42.1 Å². The van der Waals surface area contributed by atoms with E-state index in [1.54, 1.807) is 6.07 Å². The number of aromatic amines is 1. The third kappa shape index (κ3) is 2.93. The predicted molar refractivity (Wildman–Crippen MR) is 113 cm³/mol. The summed E-state index contributed by atoms with van der Waals surface area (Å²) in [6.07, 6.45) is 2.70. The molecule has 0 bridgehead atoms. The van der Waals surface area contributed by atoms with Crippen molar-refractivity contribution < 1.29 is 20.1 Å². The first-order valence-corrected chi connectivity index (χ1v) is 9.62. The van der Waals surface area contributed by atoms with Crippen LogP contribution in [0.25, 0.3) is 33.3 Å². The van der Waals surface area contributed by atoms with E-state index in [-0.39, 0.29) is 23.2 Å². The van der Waals surface area contributed by atoms with E-state index in [0.29, 0.717) is 16.8 Å². The maximum absolute atomic E-state index is 11.3. The molecule has 1 aliphatic carbocycles. The van der Waals surface area contributed by atoms with Crippen LogP contribution in [0.15, 0.2) is 42.6 Å². The summed E-state index contributed by atoms with van der Waals surface area (Å²) in [5.41, 5.74) is 4.04. The number of benzene rings is 2. The van der Waals surface area contributed by atoms with E-state index in [4.69, 9.17) is 0 Å². The minimum Gasteiger partial charge on any atom is -0.508 e. The highest BCUT2D eigenvalue weighted by atomic mass is 16.4. The van der Waals surface area contributed by atoms with Gasteiger partial charge in [-0.25, -0.2) is 4.79 Å². The number of aromatic nitrogens is 3. The molecule has 0 spiro atoms. The molecule has 1 aliphatic rings. The number of fused-ring (bicyclic) bond motifs is 1. The van der Waals surface area contributed by atoms with E-state index in [9.17, 15) is 20.1 Å². The highest BCUT2D eigenvalue weighted by Crippen LogP contribution is 2.49. The number of amides is 1. The molecule has 8 nitrogen and oxygen atoms in total. The lowest BCUT2D eigenvalue weighted by Crippen LogP contribution is -2.08. The zero-order valence-corrected chi connectivity index (χ0v) is 16.2. The van der Waals surface area contributed by atoms with Crippen molar-refractivity contribution in [2.24, 2.45) is 7.05 Å². The molecule has 1 fully saturated rings. The van der Waals surface area contributed by atoms with Gasteiger partial charge < -0.3 is 19.9 Å². The Morgan fingerprint density at radius 3 is 2.70 bits per heavy atom. The maximum Gasteiger partial charge on any atom is 0.410 e. The number of anilines is 1. The molecule has 0 radical (unpaired) electrons. The minimum atomic E-state index is -1.23. The van der Waals surface area contributed by atoms with Crippen molar-refractivity contribution in [3.8, 4) is 33.9 Å². The van der Waals surface area contributed by atoms with Crippen LogP contribution in [-0.4, -0.2) is 36.2 Å². The number of nitrogens with zero attached hydrogens (tertiary/aromatic N) is 2. The van der Waals surface area contributed by atoms with Crippen LogP contribution >= 0.6 is 0 Å². The summed E-state index contributed by atoms with van der Waals surface area (Å²) in [6.45, 7) is 0. The summed E-state index contributed by atoms with van der Waals surface area (Å²) >= 11 is 0. The van der Waals surface area contributed by atoms with Gasteiger partial charge in [0, 0.05) is 35.8 Å². The van der Waals surface area contributed by atoms with Gasteiger partial charge in [0.2, 0.25) is 0 Å². The molecule has 0 aliphatic heterocycles. The van der Waals surface area contributed by atoms with Crippen LogP contribution in [-0.2, 0) is 7.05 Å². The van der Waals surface area contributed by atoms with E-state index in [2.05, 4.69) is 15.5 Å². The number of hydrogen-bond donors (Lipinski definition) is 5. The van der Waals surface area contributed by atoms with Crippen LogP contribution in [0.2, 0.25) is 0 Å². The maximum atomic E-state index is 11.3. The van der Waals surface area contributed by atoms with E-state index in [0.717, 1.165) is 34.9 Å². The van der Waals surface area contributed by atoms with Crippen LogP contribution in [0, 0.1) is 0 Å². The molecule has 30 heavy (non-hydrogen) atoms. The third-order valence-corrected chi connectivity index (χ3v) is 5.60. The molecule has 1 saturated carbocycles. The summed E-state index contributed by atoms with van der Waals surface area (Å²) < 4.78 is 2.00. The number of H-pyrrole nitrogens is 1. The number of nitrogens with one attached hydrogen (secondary N) is 2. The molecule has 5 N–H and O–H groups in total. The molecule has 0 unspecified atom stereocenters. The largest absolute Gasteiger partial charge is 0.508 e. The Labute approximate surface area is 171 Å². The first-order chi connectivity index (χ1) is 14.4. The van der Waals surface area contributed by atoms with Crippen molar-refractivity contribution in [2.45, 2.75) is 18.8 Å². The number of aryl methyl sites for hydroxylation is 1. The van der Waals surface area contributed by atoms with Crippen molar-refractivity contribution in [1.29, 1.82) is 0 Å². The first kappa shape index (κ1) is 18.1. The fourth-order valence-electron chi connectivity index (χ4n) is 3.96. The molecule has 2 aromatic carbocycles. The number of carboxylic acid groups (broad SMARTS) is 1. The zero-order chi connectivity index (χ0) is 21.0. The molecule has 4 aromatic rings. The van der Waals surface area contributed by atoms with Crippen molar-refractivity contribution in [2.75, 3.05) is 5.32 Å².